The summed E-state index contributed by atoms with van der Waals surface area (Å²) in [5.74, 6) is -1.23. The third-order valence-electron chi connectivity index (χ3n) is 0.933. The molecule has 0 rings (SSSR count). The predicted molar refractivity (Wildman–Crippen MR) is 35.2 cm³/mol. The van der Waals surface area contributed by atoms with E-state index in [9.17, 15) is 9.59 Å². The van der Waals surface area contributed by atoms with Crippen LogP contribution in [0.1, 0.15) is 0 Å². The van der Waals surface area contributed by atoms with Gasteiger partial charge in [-0.2, -0.15) is 0 Å². The van der Waals surface area contributed by atoms with Crippen LogP contribution >= 0.6 is 0 Å². The Morgan fingerprint density at radius 1 is 1.50 bits per heavy atom. The van der Waals surface area contributed by atoms with Crippen molar-refractivity contribution in [3.63, 3.8) is 0 Å². The topological polar surface area (TPSA) is 55.4 Å². The molecule has 0 atom stereocenters. The average Bonchev–Trinajstić information content (AvgIpc) is 2.00. The van der Waals surface area contributed by atoms with Crippen LogP contribution in [0.25, 0.3) is 0 Å². The van der Waals surface area contributed by atoms with Crippen molar-refractivity contribution in [2.24, 2.45) is 0 Å². The molecule has 1 amide bonds. The normalized spacial score (nSPS) is 8.20. The molecule has 0 aromatic rings. The average molecular weight is 143 g/mol. The standard InChI is InChI=1S/C6H9NO3/c1-4(5(8)7-2)6(9)10-3/h1H2,2-3H3,(H,7,8). The van der Waals surface area contributed by atoms with Gasteiger partial charge < -0.3 is 10.1 Å². The highest BCUT2D eigenvalue weighted by Gasteiger charge is 2.13. The highest BCUT2D eigenvalue weighted by atomic mass is 16.5. The summed E-state index contributed by atoms with van der Waals surface area (Å²) in [6.07, 6.45) is 0. The van der Waals surface area contributed by atoms with Crippen LogP contribution in [0.5, 0.6) is 0 Å². The fourth-order valence-corrected chi connectivity index (χ4v) is 0.367. The molecule has 0 heterocycles. The molecule has 10 heavy (non-hydrogen) atoms. The number of ether oxygens (including phenoxy) is 1. The molecule has 0 saturated heterocycles. The maximum Gasteiger partial charge on any atom is 0.342 e. The van der Waals surface area contributed by atoms with Crippen LogP contribution in [0.2, 0.25) is 0 Å². The Labute approximate surface area is 58.9 Å². The lowest BCUT2D eigenvalue weighted by Gasteiger charge is -1.99. The van der Waals surface area contributed by atoms with Gasteiger partial charge in [-0.3, -0.25) is 4.79 Å². The van der Waals surface area contributed by atoms with Crippen molar-refractivity contribution < 1.29 is 14.3 Å². The second-order valence-corrected chi connectivity index (χ2v) is 1.55. The summed E-state index contributed by atoms with van der Waals surface area (Å²) in [6, 6.07) is 0. The summed E-state index contributed by atoms with van der Waals surface area (Å²) in [6.45, 7) is 3.21. The fraction of sp³-hybridized carbons (Fsp3) is 0.333. The van der Waals surface area contributed by atoms with Crippen LogP contribution in [0.3, 0.4) is 0 Å². The number of amides is 1. The first-order valence-corrected chi connectivity index (χ1v) is 2.62. The molecule has 0 fully saturated rings. The Morgan fingerprint density at radius 2 is 2.00 bits per heavy atom. The molecule has 0 aliphatic carbocycles. The van der Waals surface area contributed by atoms with E-state index in [-0.39, 0.29) is 5.57 Å². The lowest BCUT2D eigenvalue weighted by molar-refractivity contribution is -0.138. The van der Waals surface area contributed by atoms with Gasteiger partial charge in [-0.05, 0) is 0 Å². The van der Waals surface area contributed by atoms with E-state index in [1.165, 1.54) is 14.2 Å². The molecule has 0 spiro atoms. The molecule has 0 aromatic carbocycles. The number of likely N-dealkylation sites (N-methyl/N-ethyl adjacent to an activating group) is 1. The van der Waals surface area contributed by atoms with Crippen molar-refractivity contribution >= 4 is 11.9 Å². The first kappa shape index (κ1) is 8.68. The Hall–Kier alpha value is -1.32. The van der Waals surface area contributed by atoms with Gasteiger partial charge in [0.25, 0.3) is 5.91 Å². The minimum atomic E-state index is -0.709. The lowest BCUT2D eigenvalue weighted by atomic mass is 10.3. The van der Waals surface area contributed by atoms with E-state index < -0.39 is 11.9 Å². The van der Waals surface area contributed by atoms with E-state index in [1.807, 2.05) is 0 Å². The van der Waals surface area contributed by atoms with Crippen molar-refractivity contribution in [2.45, 2.75) is 0 Å². The molecule has 1 N–H and O–H groups in total. The molecule has 0 unspecified atom stereocenters. The first-order valence-electron chi connectivity index (χ1n) is 2.62. The lowest BCUT2D eigenvalue weighted by Crippen LogP contribution is -2.24. The minimum Gasteiger partial charge on any atom is -0.465 e. The Bertz CT molecular complexity index is 156. The van der Waals surface area contributed by atoms with Crippen molar-refractivity contribution in [3.8, 4) is 0 Å². The molecule has 56 valence electrons. The molecule has 4 heteroatoms. The Balaban J connectivity index is 4.09. The van der Waals surface area contributed by atoms with Crippen molar-refractivity contribution in [3.05, 3.63) is 12.2 Å². The van der Waals surface area contributed by atoms with E-state index >= 15 is 0 Å². The van der Waals surface area contributed by atoms with Crippen molar-refractivity contribution in [1.29, 1.82) is 0 Å². The van der Waals surface area contributed by atoms with Gasteiger partial charge in [-0.15, -0.1) is 0 Å². The number of esters is 1. The second kappa shape index (κ2) is 3.66. The minimum absolute atomic E-state index is 0.190. The molecule has 0 saturated carbocycles. The first-order chi connectivity index (χ1) is 4.63. The summed E-state index contributed by atoms with van der Waals surface area (Å²) in [7, 11) is 2.60. The molecule has 4 nitrogen and oxygen atoms in total. The van der Waals surface area contributed by atoms with E-state index in [0.29, 0.717) is 0 Å². The number of hydrogen-bond acceptors (Lipinski definition) is 3. The summed E-state index contributed by atoms with van der Waals surface area (Å²) < 4.78 is 4.24. The van der Waals surface area contributed by atoms with E-state index in [2.05, 4.69) is 16.6 Å². The Morgan fingerprint density at radius 3 is 2.30 bits per heavy atom. The third kappa shape index (κ3) is 1.89. The van der Waals surface area contributed by atoms with Crippen LogP contribution < -0.4 is 5.32 Å². The summed E-state index contributed by atoms with van der Waals surface area (Å²) in [5, 5.41) is 2.24. The maximum absolute atomic E-state index is 10.6. The molecule has 0 bridgehead atoms. The van der Waals surface area contributed by atoms with Crippen LogP contribution in [-0.2, 0) is 14.3 Å². The van der Waals surface area contributed by atoms with Crippen LogP contribution in [0.4, 0.5) is 0 Å². The van der Waals surface area contributed by atoms with E-state index in [0.717, 1.165) is 0 Å². The van der Waals surface area contributed by atoms with Crippen LogP contribution in [-0.4, -0.2) is 26.0 Å². The van der Waals surface area contributed by atoms with Gasteiger partial charge in [0, 0.05) is 7.05 Å². The predicted octanol–water partition coefficient (Wildman–Crippen LogP) is -0.538. The quantitative estimate of drug-likeness (QED) is 0.244. The van der Waals surface area contributed by atoms with Crippen LogP contribution in [0.15, 0.2) is 12.2 Å². The molecular weight excluding hydrogens is 134 g/mol. The van der Waals surface area contributed by atoms with Gasteiger partial charge in [0.05, 0.1) is 7.11 Å². The zero-order valence-electron chi connectivity index (χ0n) is 5.93. The van der Waals surface area contributed by atoms with Gasteiger partial charge in [0.15, 0.2) is 0 Å². The number of carbonyl (C=O) groups is 2. The SMILES string of the molecule is C=C(C(=O)NC)C(=O)OC. The molecule has 0 radical (unpaired) electrons. The highest BCUT2D eigenvalue weighted by Crippen LogP contribution is 1.91. The number of rotatable bonds is 2. The molecule has 0 aromatic heterocycles. The molecule has 0 aliphatic heterocycles. The Kier molecular flexibility index (Phi) is 3.17. The van der Waals surface area contributed by atoms with Crippen molar-refractivity contribution in [1.82, 2.24) is 5.32 Å². The number of carbonyl (C=O) groups excluding carboxylic acids is 2. The summed E-state index contributed by atoms with van der Waals surface area (Å²) in [5.41, 5.74) is -0.190. The third-order valence-corrected chi connectivity index (χ3v) is 0.933. The van der Waals surface area contributed by atoms with Crippen molar-refractivity contribution in [2.75, 3.05) is 14.2 Å². The highest BCUT2D eigenvalue weighted by molar-refractivity contribution is 6.15. The molecular formula is C6H9NO3. The zero-order valence-corrected chi connectivity index (χ0v) is 5.93. The van der Waals surface area contributed by atoms with Gasteiger partial charge >= 0.3 is 5.97 Å². The zero-order chi connectivity index (χ0) is 8.15. The maximum atomic E-state index is 10.6. The van der Waals surface area contributed by atoms with E-state index in [1.54, 1.807) is 0 Å². The summed E-state index contributed by atoms with van der Waals surface area (Å²) >= 11 is 0. The van der Waals surface area contributed by atoms with Gasteiger partial charge in [0.2, 0.25) is 0 Å². The number of nitrogens with one attached hydrogen (secondary N) is 1. The van der Waals surface area contributed by atoms with Gasteiger partial charge in [-0.25, -0.2) is 4.79 Å². The van der Waals surface area contributed by atoms with E-state index in [4.69, 9.17) is 0 Å². The number of hydrogen-bond donors (Lipinski definition) is 1. The number of methoxy groups -OCH3 is 1. The summed E-state index contributed by atoms with van der Waals surface area (Å²) in [4.78, 5) is 21.1. The largest absolute Gasteiger partial charge is 0.465 e. The fourth-order valence-electron chi connectivity index (χ4n) is 0.367. The smallest absolute Gasteiger partial charge is 0.342 e. The second-order valence-electron chi connectivity index (χ2n) is 1.55. The van der Waals surface area contributed by atoms with Crippen LogP contribution in [0, 0.1) is 0 Å². The van der Waals surface area contributed by atoms with Gasteiger partial charge in [-0.1, -0.05) is 6.58 Å². The molecule has 0 aliphatic rings. The van der Waals surface area contributed by atoms with Gasteiger partial charge in [0.1, 0.15) is 5.57 Å². The monoisotopic (exact) mass is 143 g/mol.